The standard InChI is InChI=1S/C14H13ClFNO2S/c1-10(11-2-4-12(15)5-3-11)17-20(18,19)14-8-6-13(16)7-9-14/h2-10,17H,1H3/t10-/m0/s1. The molecule has 2 aromatic rings. The van der Waals surface area contributed by atoms with Gasteiger partial charge in [-0.05, 0) is 48.9 Å². The first-order valence-electron chi connectivity index (χ1n) is 5.92. The molecule has 1 N–H and O–H groups in total. The van der Waals surface area contributed by atoms with E-state index in [-0.39, 0.29) is 4.90 Å². The van der Waals surface area contributed by atoms with Crippen LogP contribution in [0.5, 0.6) is 0 Å². The van der Waals surface area contributed by atoms with E-state index in [9.17, 15) is 12.8 Å². The fourth-order valence-electron chi connectivity index (χ4n) is 1.73. The van der Waals surface area contributed by atoms with Gasteiger partial charge < -0.3 is 0 Å². The zero-order valence-electron chi connectivity index (χ0n) is 10.7. The maximum atomic E-state index is 12.8. The van der Waals surface area contributed by atoms with Crippen LogP contribution in [-0.2, 0) is 10.0 Å². The molecule has 0 radical (unpaired) electrons. The van der Waals surface area contributed by atoms with Gasteiger partial charge in [-0.25, -0.2) is 17.5 Å². The molecule has 2 rings (SSSR count). The molecule has 0 aliphatic carbocycles. The minimum atomic E-state index is -3.68. The van der Waals surface area contributed by atoms with E-state index in [1.54, 1.807) is 31.2 Å². The number of halogens is 2. The highest BCUT2D eigenvalue weighted by molar-refractivity contribution is 7.89. The van der Waals surface area contributed by atoms with Crippen molar-refractivity contribution in [1.82, 2.24) is 4.72 Å². The first kappa shape index (κ1) is 15.0. The summed E-state index contributed by atoms with van der Waals surface area (Å²) >= 11 is 5.79. The van der Waals surface area contributed by atoms with Crippen LogP contribution in [0.25, 0.3) is 0 Å². The largest absolute Gasteiger partial charge is 0.241 e. The van der Waals surface area contributed by atoms with Crippen LogP contribution >= 0.6 is 11.6 Å². The lowest BCUT2D eigenvalue weighted by Gasteiger charge is -2.14. The topological polar surface area (TPSA) is 46.2 Å². The van der Waals surface area contributed by atoms with Gasteiger partial charge in [0.2, 0.25) is 10.0 Å². The van der Waals surface area contributed by atoms with Crippen LogP contribution in [0.2, 0.25) is 5.02 Å². The average Bonchev–Trinajstić information content (AvgIpc) is 2.39. The van der Waals surface area contributed by atoms with E-state index < -0.39 is 21.9 Å². The van der Waals surface area contributed by atoms with E-state index in [0.29, 0.717) is 5.02 Å². The fourth-order valence-corrected chi connectivity index (χ4v) is 3.09. The second kappa shape index (κ2) is 5.91. The molecule has 0 spiro atoms. The first-order chi connectivity index (χ1) is 9.38. The van der Waals surface area contributed by atoms with Gasteiger partial charge in [-0.1, -0.05) is 23.7 Å². The summed E-state index contributed by atoms with van der Waals surface area (Å²) in [6, 6.07) is 11.2. The predicted octanol–water partition coefficient (Wildman–Crippen LogP) is 3.52. The number of benzene rings is 2. The Morgan fingerprint density at radius 2 is 1.60 bits per heavy atom. The Hall–Kier alpha value is -1.43. The lowest BCUT2D eigenvalue weighted by Crippen LogP contribution is -2.26. The number of hydrogen-bond acceptors (Lipinski definition) is 2. The van der Waals surface area contributed by atoms with Gasteiger partial charge in [0, 0.05) is 11.1 Å². The van der Waals surface area contributed by atoms with Gasteiger partial charge in [0.05, 0.1) is 4.90 Å². The number of hydrogen-bond donors (Lipinski definition) is 1. The van der Waals surface area contributed by atoms with E-state index in [1.807, 2.05) is 0 Å². The highest BCUT2D eigenvalue weighted by atomic mass is 35.5. The number of sulfonamides is 1. The minimum Gasteiger partial charge on any atom is -0.207 e. The summed E-state index contributed by atoms with van der Waals surface area (Å²) in [7, 11) is -3.68. The summed E-state index contributed by atoms with van der Waals surface area (Å²) in [6.45, 7) is 1.73. The second-order valence-corrected chi connectivity index (χ2v) is 6.50. The Morgan fingerprint density at radius 3 is 2.15 bits per heavy atom. The Balaban J connectivity index is 2.19. The number of rotatable bonds is 4. The van der Waals surface area contributed by atoms with Crippen molar-refractivity contribution in [3.05, 3.63) is 64.9 Å². The lowest BCUT2D eigenvalue weighted by atomic mass is 10.1. The molecular formula is C14H13ClFNO2S. The van der Waals surface area contributed by atoms with E-state index in [2.05, 4.69) is 4.72 Å². The summed E-state index contributed by atoms with van der Waals surface area (Å²) in [5, 5.41) is 0.586. The molecule has 0 saturated carbocycles. The zero-order valence-corrected chi connectivity index (χ0v) is 12.2. The quantitative estimate of drug-likeness (QED) is 0.938. The minimum absolute atomic E-state index is 0.0275. The molecule has 0 saturated heterocycles. The van der Waals surface area contributed by atoms with E-state index in [0.717, 1.165) is 17.7 Å². The third kappa shape index (κ3) is 3.56. The van der Waals surface area contributed by atoms with Crippen LogP contribution in [0, 0.1) is 5.82 Å². The summed E-state index contributed by atoms with van der Waals surface area (Å²) in [4.78, 5) is 0.0275. The highest BCUT2D eigenvalue weighted by Gasteiger charge is 2.18. The predicted molar refractivity (Wildman–Crippen MR) is 76.6 cm³/mol. The van der Waals surface area contributed by atoms with Crippen molar-refractivity contribution >= 4 is 21.6 Å². The second-order valence-electron chi connectivity index (χ2n) is 4.35. The van der Waals surface area contributed by atoms with Gasteiger partial charge in [-0.15, -0.1) is 0 Å². The van der Waals surface area contributed by atoms with Gasteiger partial charge in [0.15, 0.2) is 0 Å². The summed E-state index contributed by atoms with van der Waals surface area (Å²) in [5.41, 5.74) is 0.792. The maximum Gasteiger partial charge on any atom is 0.241 e. The molecular weight excluding hydrogens is 301 g/mol. The molecule has 0 heterocycles. The molecule has 0 bridgehead atoms. The molecule has 3 nitrogen and oxygen atoms in total. The molecule has 106 valence electrons. The van der Waals surface area contributed by atoms with Crippen LogP contribution in [0.4, 0.5) is 4.39 Å². The van der Waals surface area contributed by atoms with Gasteiger partial charge in [0.1, 0.15) is 5.82 Å². The van der Waals surface area contributed by atoms with Crippen molar-refractivity contribution in [2.45, 2.75) is 17.9 Å². The molecule has 2 aromatic carbocycles. The van der Waals surface area contributed by atoms with Crippen LogP contribution in [0.3, 0.4) is 0 Å². The van der Waals surface area contributed by atoms with Crippen molar-refractivity contribution < 1.29 is 12.8 Å². The average molecular weight is 314 g/mol. The van der Waals surface area contributed by atoms with Crippen LogP contribution in [0.1, 0.15) is 18.5 Å². The summed E-state index contributed by atoms with van der Waals surface area (Å²) in [5.74, 6) is -0.477. The normalized spacial score (nSPS) is 13.2. The van der Waals surface area contributed by atoms with E-state index >= 15 is 0 Å². The maximum absolute atomic E-state index is 12.8. The van der Waals surface area contributed by atoms with Crippen molar-refractivity contribution in [2.75, 3.05) is 0 Å². The van der Waals surface area contributed by atoms with Crippen molar-refractivity contribution in [3.8, 4) is 0 Å². The highest BCUT2D eigenvalue weighted by Crippen LogP contribution is 2.19. The van der Waals surface area contributed by atoms with Crippen molar-refractivity contribution in [2.24, 2.45) is 0 Å². The Bertz CT molecular complexity index is 684. The Morgan fingerprint density at radius 1 is 1.05 bits per heavy atom. The molecule has 0 aliphatic rings. The lowest BCUT2D eigenvalue weighted by molar-refractivity contribution is 0.566. The third-order valence-electron chi connectivity index (χ3n) is 2.83. The third-order valence-corrected chi connectivity index (χ3v) is 4.63. The Kier molecular flexibility index (Phi) is 4.42. The number of nitrogens with one attached hydrogen (secondary N) is 1. The zero-order chi connectivity index (χ0) is 14.8. The Labute approximate surface area is 122 Å². The monoisotopic (exact) mass is 313 g/mol. The molecule has 20 heavy (non-hydrogen) atoms. The van der Waals surface area contributed by atoms with Gasteiger partial charge in [0.25, 0.3) is 0 Å². The van der Waals surface area contributed by atoms with Crippen LogP contribution in [-0.4, -0.2) is 8.42 Å². The van der Waals surface area contributed by atoms with E-state index in [1.165, 1.54) is 12.1 Å². The molecule has 1 atom stereocenters. The molecule has 0 aliphatic heterocycles. The van der Waals surface area contributed by atoms with E-state index in [4.69, 9.17) is 11.6 Å². The van der Waals surface area contributed by atoms with Crippen LogP contribution in [0.15, 0.2) is 53.4 Å². The molecule has 0 unspecified atom stereocenters. The van der Waals surface area contributed by atoms with Crippen molar-refractivity contribution in [3.63, 3.8) is 0 Å². The molecule has 0 amide bonds. The SMILES string of the molecule is C[C@H](NS(=O)(=O)c1ccc(F)cc1)c1ccc(Cl)cc1. The van der Waals surface area contributed by atoms with Gasteiger partial charge >= 0.3 is 0 Å². The first-order valence-corrected chi connectivity index (χ1v) is 7.78. The molecule has 0 fully saturated rings. The molecule has 0 aromatic heterocycles. The fraction of sp³-hybridized carbons (Fsp3) is 0.143. The van der Waals surface area contributed by atoms with Gasteiger partial charge in [-0.3, -0.25) is 0 Å². The summed E-state index contributed by atoms with van der Waals surface area (Å²) < 4.78 is 39.6. The van der Waals surface area contributed by atoms with Crippen molar-refractivity contribution in [1.29, 1.82) is 0 Å². The smallest absolute Gasteiger partial charge is 0.207 e. The molecule has 6 heteroatoms. The van der Waals surface area contributed by atoms with Gasteiger partial charge in [-0.2, -0.15) is 0 Å². The van der Waals surface area contributed by atoms with Crippen LogP contribution < -0.4 is 4.72 Å². The summed E-state index contributed by atoms with van der Waals surface area (Å²) in [6.07, 6.45) is 0.